The van der Waals surface area contributed by atoms with Crippen LogP contribution in [0.4, 0.5) is 0 Å². The Morgan fingerprint density at radius 3 is 1.24 bits per heavy atom. The van der Waals surface area contributed by atoms with Crippen LogP contribution in [0.1, 0.15) is 46.0 Å². The Kier molecular flexibility index (Phi) is 27.5. The molecule has 0 unspecified atom stereocenters. The number of hydrogen-bond donors (Lipinski definition) is 6. The van der Waals surface area contributed by atoms with E-state index in [0.717, 1.165) is 63.7 Å². The van der Waals surface area contributed by atoms with Crippen molar-refractivity contribution in [2.24, 2.45) is 11.8 Å². The zero-order valence-electron chi connectivity index (χ0n) is 16.2. The summed E-state index contributed by atoms with van der Waals surface area (Å²) in [5.41, 5.74) is 0. The largest absolute Gasteiger partial charge is 0.451 e. The molecule has 0 saturated carbocycles. The average molecular weight is 418 g/mol. The Bertz CT molecular complexity index is 368. The van der Waals surface area contributed by atoms with Crippen LogP contribution in [0.3, 0.4) is 0 Å². The van der Waals surface area contributed by atoms with E-state index < -0.39 is 14.2 Å². The molecule has 2 heterocycles. The van der Waals surface area contributed by atoms with Gasteiger partial charge in [0.15, 0.2) is 0 Å². The molecule has 6 N–H and O–H groups in total. The van der Waals surface area contributed by atoms with Crippen LogP contribution in [0.2, 0.25) is 12.6 Å². The van der Waals surface area contributed by atoms with E-state index in [1.807, 2.05) is 0 Å². The summed E-state index contributed by atoms with van der Waals surface area (Å²) in [5.74, 6) is 1.54. The molecule has 0 radical (unpaired) electrons. The maximum Gasteiger partial charge on any atom is 0.451 e. The fourth-order valence-electron chi connectivity index (χ4n) is 3.10. The molecule has 0 amide bonds. The van der Waals surface area contributed by atoms with Gasteiger partial charge in [-0.15, -0.1) is 0 Å². The maximum atomic E-state index is 8.57. The van der Waals surface area contributed by atoms with Gasteiger partial charge in [-0.05, 0) is 76.3 Å². The second-order valence-corrected chi connectivity index (χ2v) is 6.71. The number of nitrogens with one attached hydrogen (secondary N) is 2. The summed E-state index contributed by atoms with van der Waals surface area (Å²) in [6, 6.07) is 0. The Morgan fingerprint density at radius 1 is 0.724 bits per heavy atom. The van der Waals surface area contributed by atoms with E-state index in [1.54, 1.807) is 0 Å². The lowest BCUT2D eigenvalue weighted by Crippen LogP contribution is -2.12. The van der Waals surface area contributed by atoms with Crippen molar-refractivity contribution in [2.75, 3.05) is 26.2 Å². The van der Waals surface area contributed by atoms with Gasteiger partial charge in [-0.1, -0.05) is 20.3 Å². The van der Waals surface area contributed by atoms with Crippen molar-refractivity contribution in [3.8, 4) is 0 Å². The molecule has 168 valence electrons. The molecule has 2 aliphatic rings. The van der Waals surface area contributed by atoms with Gasteiger partial charge >= 0.3 is 26.5 Å². The third-order valence-electron chi connectivity index (χ3n) is 4.47. The molecule has 0 aromatic carbocycles. The Morgan fingerprint density at radius 2 is 1.03 bits per heavy atom. The standard InChI is InChI=1S/2C7H16BNO2.2CO2.CH4/c2*10-8(11)4-1-2-7-3-5-9-6-7;2*2-1-3;/h2*7,9-11H,1-6H2;;;1H4/t2*7-;;;/m11.../s1. The molecule has 0 bridgehead atoms. The van der Waals surface area contributed by atoms with Gasteiger partial charge in [0.2, 0.25) is 0 Å². The van der Waals surface area contributed by atoms with Crippen molar-refractivity contribution in [1.82, 2.24) is 10.6 Å². The van der Waals surface area contributed by atoms with Crippen molar-refractivity contribution < 1.29 is 39.3 Å². The first kappa shape index (κ1) is 32.3. The maximum absolute atomic E-state index is 8.57. The number of hydrogen-bond acceptors (Lipinski definition) is 10. The minimum absolute atomic E-state index is 0. The molecule has 2 rings (SSSR count). The highest BCUT2D eigenvalue weighted by atomic mass is 16.4. The molecule has 2 atom stereocenters. The zero-order chi connectivity index (χ0) is 21.6. The van der Waals surface area contributed by atoms with Crippen LogP contribution in [0, 0.1) is 11.8 Å². The molecule has 0 aliphatic carbocycles. The van der Waals surface area contributed by atoms with Crippen molar-refractivity contribution in [2.45, 2.75) is 58.6 Å². The van der Waals surface area contributed by atoms with E-state index in [0.29, 0.717) is 12.6 Å². The minimum Gasteiger partial charge on any atom is -0.427 e. The SMILES string of the molecule is C.O=C=O.O=C=O.OB(O)CCC[C@@H]1CCNC1.OB(O)CCC[C@@H]1CCNC1. The van der Waals surface area contributed by atoms with Crippen molar-refractivity contribution in [3.63, 3.8) is 0 Å². The third kappa shape index (κ3) is 26.6. The van der Waals surface area contributed by atoms with Crippen LogP contribution in [-0.4, -0.2) is 72.8 Å². The summed E-state index contributed by atoms with van der Waals surface area (Å²) in [5, 5.41) is 40.8. The topological polar surface area (TPSA) is 173 Å². The Balaban J connectivity index is -0.000000358. The van der Waals surface area contributed by atoms with Gasteiger partial charge in [-0.2, -0.15) is 19.2 Å². The lowest BCUT2D eigenvalue weighted by atomic mass is 9.82. The highest BCUT2D eigenvalue weighted by Crippen LogP contribution is 2.16. The van der Waals surface area contributed by atoms with E-state index in [-0.39, 0.29) is 19.7 Å². The van der Waals surface area contributed by atoms with Crippen LogP contribution in [0.25, 0.3) is 0 Å². The summed E-state index contributed by atoms with van der Waals surface area (Å²) in [6.07, 6.45) is 8.18. The Labute approximate surface area is 173 Å². The van der Waals surface area contributed by atoms with Crippen molar-refractivity contribution in [1.29, 1.82) is 0 Å². The Hall–Kier alpha value is -1.35. The number of carbonyl (C=O) groups excluding carboxylic acids is 4. The predicted molar refractivity (Wildman–Crippen MR) is 107 cm³/mol. The summed E-state index contributed by atoms with van der Waals surface area (Å²) >= 11 is 0. The van der Waals surface area contributed by atoms with Gasteiger partial charge in [0.25, 0.3) is 0 Å². The van der Waals surface area contributed by atoms with E-state index in [4.69, 9.17) is 39.3 Å². The van der Waals surface area contributed by atoms with E-state index >= 15 is 0 Å². The first-order valence-electron chi connectivity index (χ1n) is 9.53. The van der Waals surface area contributed by atoms with Crippen LogP contribution < -0.4 is 10.6 Å². The van der Waals surface area contributed by atoms with Gasteiger partial charge in [-0.25, -0.2) is 0 Å². The monoisotopic (exact) mass is 418 g/mol. The second-order valence-electron chi connectivity index (χ2n) is 6.71. The van der Waals surface area contributed by atoms with Crippen LogP contribution in [0.5, 0.6) is 0 Å². The molecular weight excluding hydrogens is 382 g/mol. The quantitative estimate of drug-likeness (QED) is 0.273. The highest BCUT2D eigenvalue weighted by Gasteiger charge is 2.16. The van der Waals surface area contributed by atoms with E-state index in [9.17, 15) is 0 Å². The van der Waals surface area contributed by atoms with E-state index in [2.05, 4.69) is 10.6 Å². The summed E-state index contributed by atoms with van der Waals surface area (Å²) in [4.78, 5) is 32.5. The predicted octanol–water partition coefficient (Wildman–Crippen LogP) is -0.833. The minimum atomic E-state index is -1.11. The van der Waals surface area contributed by atoms with Crippen LogP contribution >= 0.6 is 0 Å². The summed E-state index contributed by atoms with van der Waals surface area (Å²) in [7, 11) is -2.21. The molecule has 29 heavy (non-hydrogen) atoms. The van der Waals surface area contributed by atoms with Gasteiger partial charge in [-0.3, -0.25) is 0 Å². The smallest absolute Gasteiger partial charge is 0.427 e. The summed E-state index contributed by atoms with van der Waals surface area (Å²) in [6.45, 7) is 4.49. The molecule has 12 heteroatoms. The van der Waals surface area contributed by atoms with Crippen LogP contribution in [-0.2, 0) is 19.2 Å². The molecule has 0 aromatic rings. The van der Waals surface area contributed by atoms with Crippen molar-refractivity contribution >= 4 is 26.5 Å². The molecule has 2 fully saturated rings. The van der Waals surface area contributed by atoms with Gasteiger partial charge in [0, 0.05) is 0 Å². The lowest BCUT2D eigenvalue weighted by molar-refractivity contribution is -0.193. The fraction of sp³-hybridized carbons (Fsp3) is 0.882. The number of rotatable bonds is 8. The summed E-state index contributed by atoms with van der Waals surface area (Å²) < 4.78 is 0. The molecule has 0 spiro atoms. The van der Waals surface area contributed by atoms with E-state index in [1.165, 1.54) is 12.8 Å². The fourth-order valence-corrected chi connectivity index (χ4v) is 3.10. The third-order valence-corrected chi connectivity index (χ3v) is 4.47. The van der Waals surface area contributed by atoms with Gasteiger partial charge < -0.3 is 30.7 Å². The molecule has 2 aliphatic heterocycles. The second kappa shape index (κ2) is 24.7. The zero-order valence-corrected chi connectivity index (χ0v) is 16.2. The lowest BCUT2D eigenvalue weighted by Gasteiger charge is -2.06. The van der Waals surface area contributed by atoms with Gasteiger partial charge in [0.1, 0.15) is 0 Å². The van der Waals surface area contributed by atoms with Crippen LogP contribution in [0.15, 0.2) is 0 Å². The normalized spacial score (nSPS) is 18.8. The molecule has 10 nitrogen and oxygen atoms in total. The average Bonchev–Trinajstić information content (AvgIpc) is 3.30. The van der Waals surface area contributed by atoms with Gasteiger partial charge in [0.05, 0.1) is 0 Å². The first-order chi connectivity index (χ1) is 13.4. The highest BCUT2D eigenvalue weighted by molar-refractivity contribution is 6.41. The first-order valence-corrected chi connectivity index (χ1v) is 9.53. The van der Waals surface area contributed by atoms with Crippen molar-refractivity contribution in [3.05, 3.63) is 0 Å². The molecule has 2 saturated heterocycles. The molecule has 0 aromatic heterocycles. The molecular formula is C17H36B2N2O8.